The monoisotopic (exact) mass is 220 g/mol. The normalized spacial score (nSPS) is 49.3. The Morgan fingerprint density at radius 2 is 1.94 bits per heavy atom. The van der Waals surface area contributed by atoms with Crippen molar-refractivity contribution in [2.45, 2.75) is 78.6 Å². The Kier molecular flexibility index (Phi) is 2.27. The molecule has 0 saturated heterocycles. The number of fused-ring (bicyclic) bond motifs is 1. The molecule has 0 nitrogen and oxygen atoms in total. The summed E-state index contributed by atoms with van der Waals surface area (Å²) in [6.07, 6.45) is 13.8. The van der Waals surface area contributed by atoms with Crippen molar-refractivity contribution in [2.24, 2.45) is 22.2 Å². The second-order valence-electron chi connectivity index (χ2n) is 7.76. The van der Waals surface area contributed by atoms with Gasteiger partial charge in [-0.05, 0) is 67.1 Å². The zero-order valence-corrected chi connectivity index (χ0v) is 11.4. The van der Waals surface area contributed by atoms with Crippen LogP contribution in [0.25, 0.3) is 0 Å². The Hall–Kier alpha value is 0. The van der Waals surface area contributed by atoms with Crippen molar-refractivity contribution in [1.82, 2.24) is 0 Å². The first kappa shape index (κ1) is 11.1. The highest BCUT2D eigenvalue weighted by Crippen LogP contribution is 2.74. The number of hydrogen-bond donors (Lipinski definition) is 0. The fraction of sp³-hybridized carbons (Fsp3) is 1.00. The van der Waals surface area contributed by atoms with Gasteiger partial charge in [0, 0.05) is 0 Å². The average molecular weight is 220 g/mol. The summed E-state index contributed by atoms with van der Waals surface area (Å²) in [4.78, 5) is 0. The number of hydrogen-bond acceptors (Lipinski definition) is 0. The zero-order chi connectivity index (χ0) is 11.4. The first-order chi connectivity index (χ1) is 7.54. The van der Waals surface area contributed by atoms with Crippen LogP contribution in [0, 0.1) is 22.2 Å². The molecule has 0 radical (unpaired) electrons. The van der Waals surface area contributed by atoms with Crippen LogP contribution >= 0.6 is 0 Å². The Bertz CT molecular complexity index is 290. The summed E-state index contributed by atoms with van der Waals surface area (Å²) in [7, 11) is 0. The van der Waals surface area contributed by atoms with Crippen LogP contribution in [-0.4, -0.2) is 0 Å². The second-order valence-corrected chi connectivity index (χ2v) is 7.76. The fourth-order valence-corrected chi connectivity index (χ4v) is 5.97. The molecule has 0 aromatic rings. The fourth-order valence-electron chi connectivity index (χ4n) is 5.97. The molecule has 3 atom stereocenters. The Morgan fingerprint density at radius 1 is 1.12 bits per heavy atom. The van der Waals surface area contributed by atoms with E-state index >= 15 is 0 Å². The second kappa shape index (κ2) is 3.27. The van der Waals surface area contributed by atoms with E-state index in [0.29, 0.717) is 5.41 Å². The summed E-state index contributed by atoms with van der Waals surface area (Å²) in [5, 5.41) is 0. The smallest absolute Gasteiger partial charge is 0.0212 e. The van der Waals surface area contributed by atoms with Gasteiger partial charge in [0.05, 0.1) is 0 Å². The van der Waals surface area contributed by atoms with Gasteiger partial charge in [0.25, 0.3) is 0 Å². The van der Waals surface area contributed by atoms with Crippen molar-refractivity contribution >= 4 is 0 Å². The van der Waals surface area contributed by atoms with Gasteiger partial charge in [0.2, 0.25) is 0 Å². The van der Waals surface area contributed by atoms with E-state index in [-0.39, 0.29) is 0 Å². The lowest BCUT2D eigenvalue weighted by molar-refractivity contribution is -0.0227. The molecule has 0 aromatic heterocycles. The molecule has 0 aliphatic heterocycles. The molecule has 0 aromatic carbocycles. The van der Waals surface area contributed by atoms with Gasteiger partial charge in [-0.3, -0.25) is 0 Å². The largest absolute Gasteiger partial charge is 0.0654 e. The third-order valence-electron chi connectivity index (χ3n) is 6.74. The quantitative estimate of drug-likeness (QED) is 0.602. The standard InChI is InChI=1S/C16H28/c1-4-7-15-9-10-16(12-15)13(11-15)6-5-8-14(16,2)3/h13H,4-12H2,1-3H3. The highest BCUT2D eigenvalue weighted by atomic mass is 14.7. The van der Waals surface area contributed by atoms with Crippen LogP contribution < -0.4 is 0 Å². The summed E-state index contributed by atoms with van der Waals surface area (Å²) in [5.41, 5.74) is 2.20. The SMILES string of the molecule is CCCC12CCC3(C1)C(CCCC3(C)C)C2. The third-order valence-corrected chi connectivity index (χ3v) is 6.74. The summed E-state index contributed by atoms with van der Waals surface area (Å²) in [5.74, 6) is 1.09. The maximum atomic E-state index is 2.58. The highest BCUT2D eigenvalue weighted by Gasteiger charge is 2.64. The summed E-state index contributed by atoms with van der Waals surface area (Å²) >= 11 is 0. The highest BCUT2D eigenvalue weighted by molar-refractivity contribution is 5.14. The van der Waals surface area contributed by atoms with Gasteiger partial charge in [-0.2, -0.15) is 0 Å². The first-order valence-corrected chi connectivity index (χ1v) is 7.54. The minimum atomic E-state index is 0.641. The molecule has 2 bridgehead atoms. The van der Waals surface area contributed by atoms with E-state index in [1.807, 2.05) is 0 Å². The van der Waals surface area contributed by atoms with Crippen LogP contribution in [0.1, 0.15) is 78.6 Å². The van der Waals surface area contributed by atoms with Crippen LogP contribution in [0.2, 0.25) is 0 Å². The predicted molar refractivity (Wildman–Crippen MR) is 69.4 cm³/mol. The molecule has 3 rings (SSSR count). The lowest BCUT2D eigenvalue weighted by Crippen LogP contribution is -2.43. The minimum Gasteiger partial charge on any atom is -0.0654 e. The van der Waals surface area contributed by atoms with Gasteiger partial charge >= 0.3 is 0 Å². The summed E-state index contributed by atoms with van der Waals surface area (Å²) in [6.45, 7) is 7.53. The van der Waals surface area contributed by atoms with E-state index < -0.39 is 0 Å². The lowest BCUT2D eigenvalue weighted by Gasteiger charge is -2.52. The molecule has 0 heteroatoms. The Morgan fingerprint density at radius 3 is 2.62 bits per heavy atom. The van der Waals surface area contributed by atoms with Gasteiger partial charge in [0.1, 0.15) is 0 Å². The van der Waals surface area contributed by atoms with Gasteiger partial charge in [0.15, 0.2) is 0 Å². The van der Waals surface area contributed by atoms with E-state index in [0.717, 1.165) is 16.7 Å². The van der Waals surface area contributed by atoms with Crippen LogP contribution in [0.5, 0.6) is 0 Å². The van der Waals surface area contributed by atoms with Crippen molar-refractivity contribution in [3.8, 4) is 0 Å². The summed E-state index contributed by atoms with van der Waals surface area (Å²) in [6, 6.07) is 0. The van der Waals surface area contributed by atoms with Crippen LogP contribution in [0.4, 0.5) is 0 Å². The maximum absolute atomic E-state index is 2.58. The molecule has 3 saturated carbocycles. The molecule has 3 aliphatic carbocycles. The van der Waals surface area contributed by atoms with Gasteiger partial charge in [-0.25, -0.2) is 0 Å². The molecular formula is C16H28. The molecule has 0 amide bonds. The topological polar surface area (TPSA) is 0 Å². The van der Waals surface area contributed by atoms with E-state index in [1.165, 1.54) is 25.7 Å². The molecular weight excluding hydrogens is 192 g/mol. The van der Waals surface area contributed by atoms with Crippen molar-refractivity contribution in [2.75, 3.05) is 0 Å². The van der Waals surface area contributed by atoms with Crippen molar-refractivity contribution in [3.05, 3.63) is 0 Å². The average Bonchev–Trinajstić information content (AvgIpc) is 2.71. The predicted octanol–water partition coefficient (Wildman–Crippen LogP) is 5.17. The van der Waals surface area contributed by atoms with Crippen molar-refractivity contribution in [1.29, 1.82) is 0 Å². The van der Waals surface area contributed by atoms with E-state index in [9.17, 15) is 0 Å². The molecule has 0 N–H and O–H groups in total. The number of rotatable bonds is 2. The van der Waals surface area contributed by atoms with Crippen LogP contribution in [0.15, 0.2) is 0 Å². The van der Waals surface area contributed by atoms with Gasteiger partial charge in [-0.1, -0.05) is 33.6 Å². The minimum absolute atomic E-state index is 0.641. The van der Waals surface area contributed by atoms with E-state index in [1.54, 1.807) is 32.1 Å². The Balaban J connectivity index is 1.93. The maximum Gasteiger partial charge on any atom is -0.0212 e. The molecule has 3 fully saturated rings. The molecule has 3 unspecified atom stereocenters. The molecule has 92 valence electrons. The first-order valence-electron chi connectivity index (χ1n) is 7.54. The van der Waals surface area contributed by atoms with E-state index in [2.05, 4.69) is 20.8 Å². The molecule has 1 spiro atoms. The van der Waals surface area contributed by atoms with E-state index in [4.69, 9.17) is 0 Å². The molecule has 16 heavy (non-hydrogen) atoms. The summed E-state index contributed by atoms with van der Waals surface area (Å²) < 4.78 is 0. The van der Waals surface area contributed by atoms with Gasteiger partial charge < -0.3 is 0 Å². The zero-order valence-electron chi connectivity index (χ0n) is 11.4. The van der Waals surface area contributed by atoms with Crippen LogP contribution in [0.3, 0.4) is 0 Å². The Labute approximate surface area is 101 Å². The third kappa shape index (κ3) is 1.22. The van der Waals surface area contributed by atoms with Crippen molar-refractivity contribution in [3.63, 3.8) is 0 Å². The molecule has 3 aliphatic rings. The lowest BCUT2D eigenvalue weighted by atomic mass is 9.53. The van der Waals surface area contributed by atoms with Crippen molar-refractivity contribution < 1.29 is 0 Å². The molecule has 0 heterocycles. The van der Waals surface area contributed by atoms with Gasteiger partial charge in [-0.15, -0.1) is 0 Å². The van der Waals surface area contributed by atoms with Crippen LogP contribution in [-0.2, 0) is 0 Å².